The van der Waals surface area contributed by atoms with Gasteiger partial charge in [0.25, 0.3) is 0 Å². The molecule has 0 radical (unpaired) electrons. The molecule has 2 rings (SSSR count). The van der Waals surface area contributed by atoms with Crippen LogP contribution in [0.3, 0.4) is 0 Å². The molecule has 2 aromatic carbocycles. The molecule has 110 valence electrons. The minimum Gasteiger partial charge on any atom is -0.0908 e. The summed E-state index contributed by atoms with van der Waals surface area (Å²) in [6.45, 7) is 2.26. The van der Waals surface area contributed by atoms with Crippen LogP contribution in [0.1, 0.15) is 32.6 Å². The fourth-order valence-electron chi connectivity index (χ4n) is 2.70. The van der Waals surface area contributed by atoms with E-state index in [-0.39, 0.29) is 0 Å². The van der Waals surface area contributed by atoms with Crippen molar-refractivity contribution in [3.63, 3.8) is 0 Å². The molecule has 0 aliphatic carbocycles. The summed E-state index contributed by atoms with van der Waals surface area (Å²) in [4.78, 5) is 0. The molecule has 0 fully saturated rings. The molecular weight excluding hydrogens is 268 g/mol. The van der Waals surface area contributed by atoms with Crippen LogP contribution < -0.4 is 10.4 Å². The van der Waals surface area contributed by atoms with Gasteiger partial charge >= 0.3 is 0 Å². The highest BCUT2D eigenvalue weighted by Gasteiger charge is 2.13. The van der Waals surface area contributed by atoms with Gasteiger partial charge in [-0.05, 0) is 18.9 Å². The van der Waals surface area contributed by atoms with E-state index in [0.717, 1.165) is 0 Å². The second kappa shape index (κ2) is 9.35. The average Bonchev–Trinajstić information content (AvgIpc) is 2.56. The summed E-state index contributed by atoms with van der Waals surface area (Å²) < 4.78 is 0. The summed E-state index contributed by atoms with van der Waals surface area (Å²) in [7, 11) is -1.10. The normalized spacial score (nSPS) is 11.3. The Labute approximate surface area is 131 Å². The van der Waals surface area contributed by atoms with Crippen molar-refractivity contribution in [3.8, 4) is 0 Å². The van der Waals surface area contributed by atoms with E-state index in [2.05, 4.69) is 79.7 Å². The molecule has 0 bridgehead atoms. The van der Waals surface area contributed by atoms with Gasteiger partial charge in [0.2, 0.25) is 0 Å². The summed E-state index contributed by atoms with van der Waals surface area (Å²) in [5, 5.41) is 3.09. The molecule has 0 heterocycles. The summed E-state index contributed by atoms with van der Waals surface area (Å²) in [5.41, 5.74) is 0. The summed E-state index contributed by atoms with van der Waals surface area (Å²) in [5.74, 6) is 0. The van der Waals surface area contributed by atoms with Crippen molar-refractivity contribution in [1.29, 1.82) is 0 Å². The lowest BCUT2D eigenvalue weighted by Gasteiger charge is -2.14. The van der Waals surface area contributed by atoms with Crippen LogP contribution >= 0.6 is 0 Å². The van der Waals surface area contributed by atoms with Crippen LogP contribution in [0.15, 0.2) is 72.8 Å². The van der Waals surface area contributed by atoms with E-state index in [9.17, 15) is 0 Å². The molecule has 0 saturated heterocycles. The van der Waals surface area contributed by atoms with Crippen LogP contribution in [0, 0.1) is 0 Å². The Kier molecular flexibility index (Phi) is 7.03. The fourth-order valence-corrected chi connectivity index (χ4v) is 5.47. The smallest absolute Gasteiger partial charge is 0.0908 e. The standard InChI is InChI=1S/C20H26Si/c1-2-3-4-5-6-13-18-21(19-14-9-7-10-15-19)20-16-11-8-12-17-20/h6-17,21H,2-5,18H2,1H3. The second-order valence-corrected chi connectivity index (χ2v) is 8.49. The molecule has 1 heteroatoms. The second-order valence-electron chi connectivity index (χ2n) is 5.58. The van der Waals surface area contributed by atoms with Crippen molar-refractivity contribution in [3.05, 3.63) is 72.8 Å². The molecule has 0 atom stereocenters. The first-order valence-corrected chi connectivity index (χ1v) is 10.1. The van der Waals surface area contributed by atoms with E-state index in [1.54, 1.807) is 10.4 Å². The van der Waals surface area contributed by atoms with Crippen LogP contribution in [-0.2, 0) is 0 Å². The third-order valence-corrected chi connectivity index (χ3v) is 7.04. The number of unbranched alkanes of at least 4 members (excludes halogenated alkanes) is 3. The molecular formula is C20H26Si. The van der Waals surface area contributed by atoms with E-state index in [1.165, 1.54) is 31.7 Å². The number of benzene rings is 2. The van der Waals surface area contributed by atoms with Gasteiger partial charge in [0, 0.05) is 0 Å². The van der Waals surface area contributed by atoms with Crippen molar-refractivity contribution in [2.24, 2.45) is 0 Å². The van der Waals surface area contributed by atoms with Crippen molar-refractivity contribution >= 4 is 19.2 Å². The summed E-state index contributed by atoms with van der Waals surface area (Å²) in [6.07, 6.45) is 10.0. The Hall–Kier alpha value is -1.60. The molecule has 0 saturated carbocycles. The van der Waals surface area contributed by atoms with Gasteiger partial charge in [0.15, 0.2) is 0 Å². The van der Waals surface area contributed by atoms with Gasteiger partial charge in [-0.25, -0.2) is 0 Å². The zero-order chi connectivity index (χ0) is 14.8. The Morgan fingerprint density at radius 1 is 0.762 bits per heavy atom. The maximum absolute atomic E-state index is 2.42. The highest BCUT2D eigenvalue weighted by Crippen LogP contribution is 2.03. The highest BCUT2D eigenvalue weighted by molar-refractivity contribution is 6.85. The van der Waals surface area contributed by atoms with Gasteiger partial charge in [-0.1, -0.05) is 103 Å². The largest absolute Gasteiger partial charge is 0.106 e. The third kappa shape index (κ3) is 5.35. The van der Waals surface area contributed by atoms with Crippen LogP contribution in [0.25, 0.3) is 0 Å². The molecule has 0 amide bonds. The first-order valence-electron chi connectivity index (χ1n) is 8.16. The van der Waals surface area contributed by atoms with Gasteiger partial charge in [-0.3, -0.25) is 0 Å². The fraction of sp³-hybridized carbons (Fsp3) is 0.300. The van der Waals surface area contributed by atoms with E-state index in [0.29, 0.717) is 0 Å². The van der Waals surface area contributed by atoms with E-state index >= 15 is 0 Å². The predicted molar refractivity (Wildman–Crippen MR) is 97.4 cm³/mol. The molecule has 0 spiro atoms. The lowest BCUT2D eigenvalue weighted by molar-refractivity contribution is 0.729. The van der Waals surface area contributed by atoms with Gasteiger partial charge in [0.05, 0.1) is 0 Å². The molecule has 0 aromatic heterocycles. The summed E-state index contributed by atoms with van der Waals surface area (Å²) >= 11 is 0. The SMILES string of the molecule is CCCCCC=CC[SiH](c1ccccc1)c1ccccc1. The Bertz CT molecular complexity index is 477. The summed E-state index contributed by atoms with van der Waals surface area (Å²) in [6, 6.07) is 23.3. The minimum absolute atomic E-state index is 1.10. The monoisotopic (exact) mass is 294 g/mol. The van der Waals surface area contributed by atoms with Crippen molar-refractivity contribution in [2.45, 2.75) is 38.7 Å². The van der Waals surface area contributed by atoms with Crippen molar-refractivity contribution in [1.82, 2.24) is 0 Å². The van der Waals surface area contributed by atoms with E-state index < -0.39 is 8.80 Å². The van der Waals surface area contributed by atoms with Crippen LogP contribution in [-0.4, -0.2) is 8.80 Å². The Morgan fingerprint density at radius 2 is 1.33 bits per heavy atom. The zero-order valence-corrected chi connectivity index (χ0v) is 14.2. The first kappa shape index (κ1) is 15.8. The topological polar surface area (TPSA) is 0 Å². The number of rotatable bonds is 8. The van der Waals surface area contributed by atoms with Crippen LogP contribution in [0.2, 0.25) is 6.04 Å². The Balaban J connectivity index is 2.03. The quantitative estimate of drug-likeness (QED) is 0.389. The third-order valence-electron chi connectivity index (χ3n) is 3.92. The van der Waals surface area contributed by atoms with Crippen LogP contribution in [0.4, 0.5) is 0 Å². The minimum atomic E-state index is -1.10. The Morgan fingerprint density at radius 3 is 1.86 bits per heavy atom. The molecule has 0 N–H and O–H groups in total. The molecule has 0 aliphatic heterocycles. The van der Waals surface area contributed by atoms with Crippen molar-refractivity contribution < 1.29 is 0 Å². The molecule has 0 aliphatic rings. The van der Waals surface area contributed by atoms with Gasteiger partial charge in [0.1, 0.15) is 8.80 Å². The number of hydrogen-bond donors (Lipinski definition) is 0. The maximum atomic E-state index is 2.42. The molecule has 2 aromatic rings. The van der Waals surface area contributed by atoms with Crippen molar-refractivity contribution in [2.75, 3.05) is 0 Å². The van der Waals surface area contributed by atoms with E-state index in [4.69, 9.17) is 0 Å². The lowest BCUT2D eigenvalue weighted by atomic mass is 10.2. The maximum Gasteiger partial charge on any atom is 0.106 e. The predicted octanol–water partition coefficient (Wildman–Crippen LogP) is 4.16. The average molecular weight is 295 g/mol. The van der Waals surface area contributed by atoms with Gasteiger partial charge in [-0.15, -0.1) is 0 Å². The molecule has 0 nitrogen and oxygen atoms in total. The number of allylic oxidation sites excluding steroid dienone is 2. The van der Waals surface area contributed by atoms with Gasteiger partial charge in [-0.2, -0.15) is 0 Å². The molecule has 21 heavy (non-hydrogen) atoms. The lowest BCUT2D eigenvalue weighted by Crippen LogP contribution is -2.41. The van der Waals surface area contributed by atoms with E-state index in [1.807, 2.05) is 0 Å². The number of hydrogen-bond acceptors (Lipinski definition) is 0. The van der Waals surface area contributed by atoms with Gasteiger partial charge < -0.3 is 0 Å². The molecule has 0 unspecified atom stereocenters. The van der Waals surface area contributed by atoms with Crippen LogP contribution in [0.5, 0.6) is 0 Å². The highest BCUT2D eigenvalue weighted by atomic mass is 28.3. The zero-order valence-electron chi connectivity index (χ0n) is 13.0. The first-order chi connectivity index (χ1) is 10.4.